The summed E-state index contributed by atoms with van der Waals surface area (Å²) in [7, 11) is 0. The predicted molar refractivity (Wildman–Crippen MR) is 80.9 cm³/mol. The fourth-order valence-electron chi connectivity index (χ4n) is 3.03. The van der Waals surface area contributed by atoms with Crippen LogP contribution in [0, 0.1) is 0 Å². The molecule has 1 aliphatic carbocycles. The van der Waals surface area contributed by atoms with E-state index >= 15 is 0 Å². The molecule has 106 valence electrons. The van der Waals surface area contributed by atoms with Crippen LogP contribution in [0.5, 0.6) is 0 Å². The van der Waals surface area contributed by atoms with Crippen LogP contribution < -0.4 is 10.9 Å². The number of para-hydroxylation sites is 2. The second kappa shape index (κ2) is 6.18. The van der Waals surface area contributed by atoms with E-state index in [4.69, 9.17) is 0 Å². The van der Waals surface area contributed by atoms with Crippen LogP contribution in [0.3, 0.4) is 0 Å². The maximum atomic E-state index is 12.0. The molecule has 1 fully saturated rings. The van der Waals surface area contributed by atoms with Crippen molar-refractivity contribution in [2.75, 3.05) is 6.54 Å². The van der Waals surface area contributed by atoms with Gasteiger partial charge in [0.1, 0.15) is 0 Å². The summed E-state index contributed by atoms with van der Waals surface area (Å²) in [5.74, 6) is 0. The summed E-state index contributed by atoms with van der Waals surface area (Å²) >= 11 is 0. The van der Waals surface area contributed by atoms with Gasteiger partial charge in [0.15, 0.2) is 0 Å². The highest BCUT2D eigenvalue weighted by molar-refractivity contribution is 5.74. The van der Waals surface area contributed by atoms with E-state index in [1.165, 1.54) is 38.3 Å². The minimum absolute atomic E-state index is 0.0193. The molecule has 3 rings (SSSR count). The van der Waals surface area contributed by atoms with Gasteiger partial charge in [-0.2, -0.15) is 0 Å². The third kappa shape index (κ3) is 2.90. The first kappa shape index (κ1) is 13.3. The van der Waals surface area contributed by atoms with Gasteiger partial charge in [0.2, 0.25) is 0 Å². The molecular formula is C16H21N3O. The number of hydrogen-bond donors (Lipinski definition) is 1. The van der Waals surface area contributed by atoms with Crippen molar-refractivity contribution >= 4 is 11.0 Å². The summed E-state index contributed by atoms with van der Waals surface area (Å²) in [5.41, 5.74) is 1.78. The van der Waals surface area contributed by atoms with Crippen LogP contribution in [0.1, 0.15) is 32.1 Å². The van der Waals surface area contributed by atoms with Crippen molar-refractivity contribution < 1.29 is 0 Å². The van der Waals surface area contributed by atoms with E-state index in [-0.39, 0.29) is 5.56 Å². The lowest BCUT2D eigenvalue weighted by atomic mass is 9.95. The summed E-state index contributed by atoms with van der Waals surface area (Å²) < 4.78 is 1.82. The monoisotopic (exact) mass is 271 g/mol. The van der Waals surface area contributed by atoms with Crippen LogP contribution in [-0.2, 0) is 6.54 Å². The van der Waals surface area contributed by atoms with Crippen molar-refractivity contribution in [2.24, 2.45) is 0 Å². The lowest BCUT2D eigenvalue weighted by Crippen LogP contribution is -2.35. The fourth-order valence-corrected chi connectivity index (χ4v) is 3.03. The Morgan fingerprint density at radius 2 is 2.00 bits per heavy atom. The molecule has 2 aromatic rings. The van der Waals surface area contributed by atoms with E-state index in [1.54, 1.807) is 0 Å². The first-order valence-electron chi connectivity index (χ1n) is 7.52. The average molecular weight is 271 g/mol. The molecule has 0 amide bonds. The van der Waals surface area contributed by atoms with Crippen molar-refractivity contribution in [3.05, 3.63) is 40.8 Å². The zero-order chi connectivity index (χ0) is 13.8. The van der Waals surface area contributed by atoms with Gasteiger partial charge in [-0.05, 0) is 25.0 Å². The standard InChI is InChI=1S/C16H21N3O/c20-16-12-18-14-8-4-5-9-15(14)19(16)11-10-17-13-6-2-1-3-7-13/h4-5,8-9,12-13,17H,1-3,6-7,10-11H2. The Kier molecular flexibility index (Phi) is 4.11. The molecule has 0 atom stereocenters. The van der Waals surface area contributed by atoms with E-state index < -0.39 is 0 Å². The lowest BCUT2D eigenvalue weighted by Gasteiger charge is -2.23. The molecule has 1 aliphatic rings. The first-order valence-corrected chi connectivity index (χ1v) is 7.52. The predicted octanol–water partition coefficient (Wildman–Crippen LogP) is 2.32. The van der Waals surface area contributed by atoms with Crippen molar-refractivity contribution in [1.29, 1.82) is 0 Å². The van der Waals surface area contributed by atoms with Crippen LogP contribution in [0.4, 0.5) is 0 Å². The number of nitrogens with zero attached hydrogens (tertiary/aromatic N) is 2. The Morgan fingerprint density at radius 3 is 2.85 bits per heavy atom. The van der Waals surface area contributed by atoms with E-state index in [0.717, 1.165) is 17.6 Å². The molecule has 4 nitrogen and oxygen atoms in total. The smallest absolute Gasteiger partial charge is 0.269 e. The Bertz CT molecular complexity index is 629. The Hall–Kier alpha value is -1.68. The minimum atomic E-state index is -0.0193. The molecule has 1 heterocycles. The summed E-state index contributed by atoms with van der Waals surface area (Å²) in [4.78, 5) is 16.2. The largest absolute Gasteiger partial charge is 0.312 e. The van der Waals surface area contributed by atoms with Crippen molar-refractivity contribution in [3.63, 3.8) is 0 Å². The maximum Gasteiger partial charge on any atom is 0.269 e. The highest BCUT2D eigenvalue weighted by Gasteiger charge is 2.12. The molecule has 0 unspecified atom stereocenters. The lowest BCUT2D eigenvalue weighted by molar-refractivity contribution is 0.368. The molecule has 0 aliphatic heterocycles. The number of rotatable bonds is 4. The normalized spacial score (nSPS) is 16.6. The summed E-state index contributed by atoms with van der Waals surface area (Å²) in [5, 5.41) is 3.58. The second-order valence-electron chi connectivity index (χ2n) is 5.53. The molecule has 4 heteroatoms. The molecule has 1 N–H and O–H groups in total. The minimum Gasteiger partial charge on any atom is -0.312 e. The van der Waals surface area contributed by atoms with Gasteiger partial charge in [-0.3, -0.25) is 4.79 Å². The van der Waals surface area contributed by atoms with Crippen LogP contribution >= 0.6 is 0 Å². The zero-order valence-corrected chi connectivity index (χ0v) is 11.7. The number of aromatic nitrogens is 2. The second-order valence-corrected chi connectivity index (χ2v) is 5.53. The van der Waals surface area contributed by atoms with E-state index in [1.807, 2.05) is 28.8 Å². The SMILES string of the molecule is O=c1cnc2ccccc2n1CCNC1CCCCC1. The van der Waals surface area contributed by atoms with Crippen molar-refractivity contribution in [1.82, 2.24) is 14.9 Å². The Balaban J connectivity index is 1.70. The van der Waals surface area contributed by atoms with Gasteiger partial charge in [-0.15, -0.1) is 0 Å². The number of hydrogen-bond acceptors (Lipinski definition) is 3. The van der Waals surface area contributed by atoms with Gasteiger partial charge in [-0.25, -0.2) is 4.98 Å². The van der Waals surface area contributed by atoms with Gasteiger partial charge < -0.3 is 9.88 Å². The molecule has 0 spiro atoms. The summed E-state index contributed by atoms with van der Waals surface area (Å²) in [6.45, 7) is 1.55. The number of benzene rings is 1. The highest BCUT2D eigenvalue weighted by Crippen LogP contribution is 2.17. The molecule has 20 heavy (non-hydrogen) atoms. The zero-order valence-electron chi connectivity index (χ0n) is 11.7. The topological polar surface area (TPSA) is 46.9 Å². The quantitative estimate of drug-likeness (QED) is 0.928. The summed E-state index contributed by atoms with van der Waals surface area (Å²) in [6.07, 6.45) is 7.99. The van der Waals surface area contributed by atoms with Gasteiger partial charge in [0.25, 0.3) is 5.56 Å². The van der Waals surface area contributed by atoms with Crippen LogP contribution in [0.15, 0.2) is 35.3 Å². The van der Waals surface area contributed by atoms with E-state index in [0.29, 0.717) is 12.6 Å². The third-order valence-electron chi connectivity index (χ3n) is 4.13. The molecule has 0 bridgehead atoms. The number of fused-ring (bicyclic) bond motifs is 1. The van der Waals surface area contributed by atoms with Crippen LogP contribution in [-0.4, -0.2) is 22.1 Å². The van der Waals surface area contributed by atoms with Gasteiger partial charge in [-0.1, -0.05) is 31.4 Å². The first-order chi connectivity index (χ1) is 9.84. The number of nitrogens with one attached hydrogen (secondary N) is 1. The maximum absolute atomic E-state index is 12.0. The molecule has 0 radical (unpaired) electrons. The highest BCUT2D eigenvalue weighted by atomic mass is 16.1. The van der Waals surface area contributed by atoms with Gasteiger partial charge in [0.05, 0.1) is 17.2 Å². The third-order valence-corrected chi connectivity index (χ3v) is 4.13. The average Bonchev–Trinajstić information content (AvgIpc) is 2.50. The Morgan fingerprint density at radius 1 is 1.20 bits per heavy atom. The van der Waals surface area contributed by atoms with Crippen molar-refractivity contribution in [2.45, 2.75) is 44.7 Å². The molecule has 1 saturated carbocycles. The van der Waals surface area contributed by atoms with E-state index in [9.17, 15) is 4.79 Å². The van der Waals surface area contributed by atoms with Crippen LogP contribution in [0.25, 0.3) is 11.0 Å². The van der Waals surface area contributed by atoms with Gasteiger partial charge >= 0.3 is 0 Å². The molecular weight excluding hydrogens is 250 g/mol. The Labute approximate surface area is 118 Å². The fraction of sp³-hybridized carbons (Fsp3) is 0.500. The van der Waals surface area contributed by atoms with Gasteiger partial charge in [0, 0.05) is 19.1 Å². The van der Waals surface area contributed by atoms with Crippen molar-refractivity contribution in [3.8, 4) is 0 Å². The molecule has 1 aromatic carbocycles. The molecule has 1 aromatic heterocycles. The van der Waals surface area contributed by atoms with E-state index in [2.05, 4.69) is 10.3 Å². The van der Waals surface area contributed by atoms with Crippen LogP contribution in [0.2, 0.25) is 0 Å². The summed E-state index contributed by atoms with van der Waals surface area (Å²) in [6, 6.07) is 8.44. The molecule has 0 saturated heterocycles.